The Morgan fingerprint density at radius 3 is 2.94 bits per heavy atom. The molecule has 0 aromatic carbocycles. The summed E-state index contributed by atoms with van der Waals surface area (Å²) in [6, 6.07) is 2.19. The van der Waals surface area contributed by atoms with Gasteiger partial charge in [0, 0.05) is 31.9 Å². The molecule has 1 aromatic heterocycles. The zero-order valence-corrected chi connectivity index (χ0v) is 9.76. The van der Waals surface area contributed by atoms with E-state index in [0.29, 0.717) is 5.69 Å². The molecule has 0 aliphatic carbocycles. The Balaban J connectivity index is 2.14. The third-order valence-electron chi connectivity index (χ3n) is 3.22. The van der Waals surface area contributed by atoms with Gasteiger partial charge in [0.15, 0.2) is 0 Å². The van der Waals surface area contributed by atoms with Crippen LogP contribution in [-0.4, -0.2) is 39.2 Å². The second-order valence-electron chi connectivity index (χ2n) is 4.47. The van der Waals surface area contributed by atoms with Crippen molar-refractivity contribution in [1.82, 2.24) is 14.7 Å². The van der Waals surface area contributed by atoms with E-state index < -0.39 is 0 Å². The van der Waals surface area contributed by atoms with Crippen molar-refractivity contribution in [3.63, 3.8) is 0 Å². The van der Waals surface area contributed by atoms with Crippen LogP contribution < -0.4 is 5.73 Å². The van der Waals surface area contributed by atoms with Gasteiger partial charge in [0.25, 0.3) is 5.91 Å². The highest BCUT2D eigenvalue weighted by Crippen LogP contribution is 2.18. The quantitative estimate of drug-likeness (QED) is 0.746. The van der Waals surface area contributed by atoms with Crippen molar-refractivity contribution in [2.45, 2.75) is 31.8 Å². The molecule has 2 heterocycles. The van der Waals surface area contributed by atoms with E-state index in [2.05, 4.69) is 5.10 Å². The van der Waals surface area contributed by atoms with Crippen molar-refractivity contribution in [2.75, 3.05) is 6.54 Å². The van der Waals surface area contributed by atoms with Gasteiger partial charge in [0.1, 0.15) is 5.69 Å². The second-order valence-corrected chi connectivity index (χ2v) is 4.47. The fraction of sp³-hybridized carbons (Fsp3) is 0.636. The van der Waals surface area contributed by atoms with Crippen LogP contribution in [0.4, 0.5) is 0 Å². The maximum Gasteiger partial charge on any atom is 0.272 e. The Morgan fingerprint density at radius 2 is 2.38 bits per heavy atom. The van der Waals surface area contributed by atoms with Crippen LogP contribution in [-0.2, 0) is 7.05 Å². The van der Waals surface area contributed by atoms with Gasteiger partial charge in [0.05, 0.1) is 0 Å². The molecule has 1 amide bonds. The molecular formula is C11H18N4O. The van der Waals surface area contributed by atoms with E-state index in [-0.39, 0.29) is 18.0 Å². The summed E-state index contributed by atoms with van der Waals surface area (Å²) in [6.07, 6.45) is 3.41. The van der Waals surface area contributed by atoms with Crippen molar-refractivity contribution in [3.05, 3.63) is 18.0 Å². The van der Waals surface area contributed by atoms with E-state index in [9.17, 15) is 4.79 Å². The lowest BCUT2D eigenvalue weighted by Crippen LogP contribution is -2.48. The van der Waals surface area contributed by atoms with Gasteiger partial charge in [-0.25, -0.2) is 0 Å². The van der Waals surface area contributed by atoms with Gasteiger partial charge < -0.3 is 10.6 Å². The van der Waals surface area contributed by atoms with Crippen molar-refractivity contribution < 1.29 is 4.79 Å². The second kappa shape index (κ2) is 4.25. The fourth-order valence-corrected chi connectivity index (χ4v) is 2.24. The van der Waals surface area contributed by atoms with E-state index in [4.69, 9.17) is 5.73 Å². The van der Waals surface area contributed by atoms with E-state index in [1.54, 1.807) is 24.0 Å². The van der Waals surface area contributed by atoms with Gasteiger partial charge in [-0.15, -0.1) is 0 Å². The summed E-state index contributed by atoms with van der Waals surface area (Å²) in [5, 5.41) is 4.02. The zero-order chi connectivity index (χ0) is 11.7. The monoisotopic (exact) mass is 222 g/mol. The van der Waals surface area contributed by atoms with Gasteiger partial charge in [-0.1, -0.05) is 0 Å². The number of hydrogen-bond donors (Lipinski definition) is 1. The fourth-order valence-electron chi connectivity index (χ4n) is 2.24. The Kier molecular flexibility index (Phi) is 2.96. The maximum atomic E-state index is 12.2. The number of nitrogens with two attached hydrogens (primary N) is 1. The highest BCUT2D eigenvalue weighted by Gasteiger charge is 2.28. The van der Waals surface area contributed by atoms with Crippen LogP contribution in [0.15, 0.2) is 12.3 Å². The predicted molar refractivity (Wildman–Crippen MR) is 60.9 cm³/mol. The number of nitrogens with zero attached hydrogens (tertiary/aromatic N) is 3. The van der Waals surface area contributed by atoms with Gasteiger partial charge in [-0.3, -0.25) is 9.48 Å². The first-order chi connectivity index (χ1) is 7.59. The van der Waals surface area contributed by atoms with E-state index in [0.717, 1.165) is 19.4 Å². The number of rotatable bonds is 1. The van der Waals surface area contributed by atoms with Crippen LogP contribution in [0.25, 0.3) is 0 Å². The topological polar surface area (TPSA) is 64.2 Å². The molecule has 2 atom stereocenters. The van der Waals surface area contributed by atoms with Crippen LogP contribution in [0.2, 0.25) is 0 Å². The van der Waals surface area contributed by atoms with E-state index in [1.165, 1.54) is 0 Å². The first-order valence-electron chi connectivity index (χ1n) is 5.64. The Morgan fingerprint density at radius 1 is 1.62 bits per heavy atom. The number of carbonyl (C=O) groups excluding carboxylic acids is 1. The number of hydrogen-bond acceptors (Lipinski definition) is 3. The molecule has 2 N–H and O–H groups in total. The number of carbonyl (C=O) groups is 1. The SMILES string of the molecule is CC1CC(N)CCN1C(=O)c1ccnn1C. The van der Waals surface area contributed by atoms with E-state index >= 15 is 0 Å². The standard InChI is InChI=1S/C11H18N4O/c1-8-7-9(12)4-6-15(8)11(16)10-3-5-13-14(10)2/h3,5,8-9H,4,6-7,12H2,1-2H3. The minimum absolute atomic E-state index is 0.0550. The minimum Gasteiger partial charge on any atom is -0.335 e. The summed E-state index contributed by atoms with van der Waals surface area (Å²) in [5.41, 5.74) is 6.52. The molecule has 1 saturated heterocycles. The molecule has 0 bridgehead atoms. The molecule has 0 spiro atoms. The van der Waals surface area contributed by atoms with Crippen LogP contribution in [0, 0.1) is 0 Å². The summed E-state index contributed by atoms with van der Waals surface area (Å²) >= 11 is 0. The summed E-state index contributed by atoms with van der Waals surface area (Å²) < 4.78 is 1.61. The Bertz CT molecular complexity index is 387. The van der Waals surface area contributed by atoms with Gasteiger partial charge >= 0.3 is 0 Å². The van der Waals surface area contributed by atoms with Crippen LogP contribution in [0.5, 0.6) is 0 Å². The molecule has 1 aliphatic heterocycles. The average Bonchev–Trinajstić information content (AvgIpc) is 2.63. The van der Waals surface area contributed by atoms with Crippen LogP contribution in [0.1, 0.15) is 30.3 Å². The number of aryl methyl sites for hydroxylation is 1. The van der Waals surface area contributed by atoms with Crippen molar-refractivity contribution >= 4 is 5.91 Å². The normalized spacial score (nSPS) is 25.8. The molecule has 5 nitrogen and oxygen atoms in total. The summed E-state index contributed by atoms with van der Waals surface area (Å²) in [4.78, 5) is 14.1. The van der Waals surface area contributed by atoms with Crippen molar-refractivity contribution in [1.29, 1.82) is 0 Å². The molecular weight excluding hydrogens is 204 g/mol. The first-order valence-corrected chi connectivity index (χ1v) is 5.64. The highest BCUT2D eigenvalue weighted by atomic mass is 16.2. The van der Waals surface area contributed by atoms with Crippen LogP contribution >= 0.6 is 0 Å². The first kappa shape index (κ1) is 11.1. The van der Waals surface area contributed by atoms with Gasteiger partial charge in [-0.2, -0.15) is 5.10 Å². The average molecular weight is 222 g/mol. The largest absolute Gasteiger partial charge is 0.335 e. The zero-order valence-electron chi connectivity index (χ0n) is 9.76. The van der Waals surface area contributed by atoms with Gasteiger partial charge in [0.2, 0.25) is 0 Å². The van der Waals surface area contributed by atoms with E-state index in [1.807, 2.05) is 11.8 Å². The number of amides is 1. The summed E-state index contributed by atoms with van der Waals surface area (Å²) in [7, 11) is 1.79. The molecule has 0 radical (unpaired) electrons. The molecule has 88 valence electrons. The molecule has 16 heavy (non-hydrogen) atoms. The Hall–Kier alpha value is -1.36. The number of aromatic nitrogens is 2. The molecule has 1 aromatic rings. The number of likely N-dealkylation sites (tertiary alicyclic amines) is 1. The Labute approximate surface area is 95.2 Å². The summed E-state index contributed by atoms with van der Waals surface area (Å²) in [6.45, 7) is 2.79. The molecule has 1 fully saturated rings. The molecule has 2 unspecified atom stereocenters. The molecule has 1 aliphatic rings. The van der Waals surface area contributed by atoms with Crippen molar-refractivity contribution in [2.24, 2.45) is 12.8 Å². The lowest BCUT2D eigenvalue weighted by atomic mass is 9.99. The highest BCUT2D eigenvalue weighted by molar-refractivity contribution is 5.92. The predicted octanol–water partition coefficient (Wildman–Crippen LogP) is 0.372. The molecule has 2 rings (SSSR count). The van der Waals surface area contributed by atoms with Crippen LogP contribution in [0.3, 0.4) is 0 Å². The number of piperidine rings is 1. The summed E-state index contributed by atoms with van der Waals surface area (Å²) in [5.74, 6) is 0.0550. The maximum absolute atomic E-state index is 12.2. The minimum atomic E-state index is 0.0550. The molecule has 5 heteroatoms. The van der Waals surface area contributed by atoms with Gasteiger partial charge in [-0.05, 0) is 25.8 Å². The van der Waals surface area contributed by atoms with Crippen molar-refractivity contribution in [3.8, 4) is 0 Å². The third kappa shape index (κ3) is 1.95. The lowest BCUT2D eigenvalue weighted by Gasteiger charge is -2.36. The molecule has 0 saturated carbocycles. The lowest BCUT2D eigenvalue weighted by molar-refractivity contribution is 0.0608. The third-order valence-corrected chi connectivity index (χ3v) is 3.22. The smallest absolute Gasteiger partial charge is 0.272 e.